The number of hydrogen-bond donors (Lipinski definition) is 2. The third-order valence-corrected chi connectivity index (χ3v) is 3.20. The van der Waals surface area contributed by atoms with Gasteiger partial charge in [-0.15, -0.1) is 0 Å². The van der Waals surface area contributed by atoms with E-state index in [9.17, 15) is 14.4 Å². The van der Waals surface area contributed by atoms with Crippen molar-refractivity contribution in [3.8, 4) is 0 Å². The molecule has 0 spiro atoms. The van der Waals surface area contributed by atoms with Crippen LogP contribution in [0.1, 0.15) is 39.0 Å². The molecule has 0 bridgehead atoms. The molecule has 0 saturated heterocycles. The fourth-order valence-electron chi connectivity index (χ4n) is 2.23. The van der Waals surface area contributed by atoms with E-state index in [1.807, 2.05) is 0 Å². The molecule has 0 aromatic heterocycles. The Morgan fingerprint density at radius 3 is 2.44 bits per heavy atom. The minimum atomic E-state index is -1.52. The van der Waals surface area contributed by atoms with E-state index in [-0.39, 0.29) is 12.2 Å². The maximum absolute atomic E-state index is 11.7. The number of carboxylic acids is 2. The summed E-state index contributed by atoms with van der Waals surface area (Å²) in [5, 5.41) is 17.7. The number of allylic oxidation sites excluding steroid dienone is 2. The zero-order valence-electron chi connectivity index (χ0n) is 10.4. The summed E-state index contributed by atoms with van der Waals surface area (Å²) >= 11 is 0. The van der Waals surface area contributed by atoms with Crippen LogP contribution >= 0.6 is 0 Å². The van der Waals surface area contributed by atoms with Crippen LogP contribution in [-0.2, 0) is 14.4 Å². The van der Waals surface area contributed by atoms with Crippen molar-refractivity contribution in [3.63, 3.8) is 0 Å². The summed E-state index contributed by atoms with van der Waals surface area (Å²) < 4.78 is 0. The van der Waals surface area contributed by atoms with Gasteiger partial charge in [-0.2, -0.15) is 0 Å². The zero-order chi connectivity index (χ0) is 13.7. The fourth-order valence-corrected chi connectivity index (χ4v) is 2.23. The number of Topliss-reactive ketones (excluding diaryl/α,β-unsaturated/α-hetero) is 1. The molecule has 100 valence electrons. The minimum absolute atomic E-state index is 0.00469. The van der Waals surface area contributed by atoms with Crippen LogP contribution in [0.5, 0.6) is 0 Å². The molecule has 1 unspecified atom stereocenters. The fraction of sp³-hybridized carbons (Fsp3) is 0.615. The maximum atomic E-state index is 11.7. The topological polar surface area (TPSA) is 91.7 Å². The van der Waals surface area contributed by atoms with E-state index < -0.39 is 23.8 Å². The van der Waals surface area contributed by atoms with Gasteiger partial charge in [0.2, 0.25) is 0 Å². The highest BCUT2D eigenvalue weighted by Gasteiger charge is 2.38. The highest BCUT2D eigenvalue weighted by Crippen LogP contribution is 2.30. The number of unbranched alkanes of at least 4 members (excludes halogenated alkanes) is 2. The first-order valence-electron chi connectivity index (χ1n) is 6.16. The molecule has 1 atom stereocenters. The average molecular weight is 254 g/mol. The van der Waals surface area contributed by atoms with E-state index in [4.69, 9.17) is 10.2 Å². The lowest BCUT2D eigenvalue weighted by atomic mass is 9.92. The summed E-state index contributed by atoms with van der Waals surface area (Å²) in [6.45, 7) is 2.05. The molecule has 0 saturated carbocycles. The Hall–Kier alpha value is -1.65. The van der Waals surface area contributed by atoms with Crippen molar-refractivity contribution in [3.05, 3.63) is 11.6 Å². The van der Waals surface area contributed by atoms with E-state index in [1.165, 1.54) is 0 Å². The van der Waals surface area contributed by atoms with Crippen molar-refractivity contribution in [2.45, 2.75) is 39.0 Å². The number of carboxylic acid groups (broad SMARTS) is 2. The summed E-state index contributed by atoms with van der Waals surface area (Å²) in [5.74, 6) is -5.09. The third kappa shape index (κ3) is 3.42. The normalized spacial score (nSPS) is 19.1. The van der Waals surface area contributed by atoms with Crippen molar-refractivity contribution in [1.82, 2.24) is 0 Å². The predicted octanol–water partition coefficient (Wildman–Crippen LogP) is 1.87. The lowest BCUT2D eigenvalue weighted by Crippen LogP contribution is -2.29. The SMILES string of the molecule is CCCCCC1=CC(C(C(=O)O)C(=O)O)CC1=O. The number of carbonyl (C=O) groups excluding carboxylic acids is 1. The van der Waals surface area contributed by atoms with Gasteiger partial charge in [0, 0.05) is 12.3 Å². The Bertz CT molecular complexity index is 369. The first-order chi connectivity index (χ1) is 8.47. The summed E-state index contributed by atoms with van der Waals surface area (Å²) in [4.78, 5) is 33.4. The minimum Gasteiger partial charge on any atom is -0.481 e. The molecule has 1 rings (SSSR count). The average Bonchev–Trinajstić information content (AvgIpc) is 2.59. The standard InChI is InChI=1S/C13H18O5/c1-2-3-4-5-8-6-9(7-10(8)14)11(12(15)16)13(17)18/h6,9,11H,2-5,7H2,1H3,(H,15,16)(H,17,18). The van der Waals surface area contributed by atoms with Crippen molar-refractivity contribution in [2.75, 3.05) is 0 Å². The van der Waals surface area contributed by atoms with E-state index in [2.05, 4.69) is 6.92 Å². The second-order valence-corrected chi connectivity index (χ2v) is 4.59. The largest absolute Gasteiger partial charge is 0.481 e. The van der Waals surface area contributed by atoms with Crippen molar-refractivity contribution in [1.29, 1.82) is 0 Å². The van der Waals surface area contributed by atoms with Gasteiger partial charge < -0.3 is 10.2 Å². The van der Waals surface area contributed by atoms with Crippen LogP contribution in [0.3, 0.4) is 0 Å². The van der Waals surface area contributed by atoms with Gasteiger partial charge >= 0.3 is 11.9 Å². The first kappa shape index (κ1) is 14.4. The van der Waals surface area contributed by atoms with E-state index in [0.29, 0.717) is 12.0 Å². The molecule has 0 aliphatic heterocycles. The van der Waals surface area contributed by atoms with Crippen LogP contribution in [0.4, 0.5) is 0 Å². The van der Waals surface area contributed by atoms with E-state index in [0.717, 1.165) is 19.3 Å². The Labute approximate surface area is 105 Å². The molecule has 0 aromatic rings. The Kier molecular flexibility index (Phi) is 5.07. The second-order valence-electron chi connectivity index (χ2n) is 4.59. The predicted molar refractivity (Wildman–Crippen MR) is 64.1 cm³/mol. The first-order valence-corrected chi connectivity index (χ1v) is 6.16. The van der Waals surface area contributed by atoms with Crippen LogP contribution in [0.15, 0.2) is 11.6 Å². The number of rotatable bonds is 7. The molecule has 18 heavy (non-hydrogen) atoms. The quantitative estimate of drug-likeness (QED) is 0.534. The van der Waals surface area contributed by atoms with Gasteiger partial charge in [0.15, 0.2) is 11.7 Å². The van der Waals surface area contributed by atoms with Crippen LogP contribution in [0.2, 0.25) is 0 Å². The van der Waals surface area contributed by atoms with Crippen LogP contribution in [0.25, 0.3) is 0 Å². The summed E-state index contributed by atoms with van der Waals surface area (Å²) in [6, 6.07) is 0. The lowest BCUT2D eigenvalue weighted by Gasteiger charge is -2.11. The Morgan fingerprint density at radius 1 is 1.33 bits per heavy atom. The molecule has 0 heterocycles. The van der Waals surface area contributed by atoms with Gasteiger partial charge in [-0.25, -0.2) is 0 Å². The van der Waals surface area contributed by atoms with Crippen LogP contribution in [-0.4, -0.2) is 27.9 Å². The summed E-state index contributed by atoms with van der Waals surface area (Å²) in [5.41, 5.74) is 0.598. The monoisotopic (exact) mass is 254 g/mol. The van der Waals surface area contributed by atoms with Crippen LogP contribution < -0.4 is 0 Å². The van der Waals surface area contributed by atoms with Crippen LogP contribution in [0, 0.1) is 11.8 Å². The maximum Gasteiger partial charge on any atom is 0.318 e. The molecule has 0 aromatic carbocycles. The van der Waals surface area contributed by atoms with Gasteiger partial charge in [0.05, 0.1) is 0 Å². The van der Waals surface area contributed by atoms with Gasteiger partial charge in [-0.1, -0.05) is 25.8 Å². The summed E-state index contributed by atoms with van der Waals surface area (Å²) in [7, 11) is 0. The Balaban J connectivity index is 2.72. The van der Waals surface area contributed by atoms with Gasteiger partial charge in [-0.3, -0.25) is 14.4 Å². The smallest absolute Gasteiger partial charge is 0.318 e. The highest BCUT2D eigenvalue weighted by atomic mass is 16.4. The molecule has 0 radical (unpaired) electrons. The lowest BCUT2D eigenvalue weighted by molar-refractivity contribution is -0.156. The molecular formula is C13H18O5. The summed E-state index contributed by atoms with van der Waals surface area (Å²) in [6.07, 6.45) is 5.10. The number of ketones is 1. The third-order valence-electron chi connectivity index (χ3n) is 3.20. The molecular weight excluding hydrogens is 236 g/mol. The molecule has 2 N–H and O–H groups in total. The van der Waals surface area contributed by atoms with Crippen molar-refractivity contribution >= 4 is 17.7 Å². The van der Waals surface area contributed by atoms with Crippen molar-refractivity contribution < 1.29 is 24.6 Å². The van der Waals surface area contributed by atoms with Crippen molar-refractivity contribution in [2.24, 2.45) is 11.8 Å². The molecule has 5 nitrogen and oxygen atoms in total. The molecule has 0 fully saturated rings. The molecule has 0 amide bonds. The number of carbonyl (C=O) groups is 3. The number of aliphatic carboxylic acids is 2. The second kappa shape index (κ2) is 6.33. The van der Waals surface area contributed by atoms with Gasteiger partial charge in [-0.05, 0) is 18.4 Å². The molecule has 1 aliphatic carbocycles. The van der Waals surface area contributed by atoms with E-state index >= 15 is 0 Å². The van der Waals surface area contributed by atoms with E-state index in [1.54, 1.807) is 6.08 Å². The van der Waals surface area contributed by atoms with Gasteiger partial charge in [0.1, 0.15) is 0 Å². The highest BCUT2D eigenvalue weighted by molar-refractivity contribution is 6.01. The molecule has 1 aliphatic rings. The Morgan fingerprint density at radius 2 is 1.94 bits per heavy atom. The zero-order valence-corrected chi connectivity index (χ0v) is 10.4. The van der Waals surface area contributed by atoms with Gasteiger partial charge in [0.25, 0.3) is 0 Å². The molecule has 5 heteroatoms. The number of hydrogen-bond acceptors (Lipinski definition) is 3.